The van der Waals surface area contributed by atoms with Gasteiger partial charge < -0.3 is 5.73 Å². The second kappa shape index (κ2) is 5.66. The molecule has 0 spiro atoms. The number of piperidine rings is 1. The molecule has 1 aliphatic heterocycles. The highest BCUT2D eigenvalue weighted by Gasteiger charge is 2.33. The van der Waals surface area contributed by atoms with Crippen LogP contribution < -0.4 is 5.73 Å². The van der Waals surface area contributed by atoms with Gasteiger partial charge >= 0.3 is 5.69 Å². The smallest absolute Gasteiger partial charge is 0.306 e. The number of hydrogen-bond acceptors (Lipinski definition) is 5. The number of rotatable bonds is 3. The summed E-state index contributed by atoms with van der Waals surface area (Å²) in [5.74, 6) is -0.971. The van der Waals surface area contributed by atoms with E-state index in [0.29, 0.717) is 6.54 Å². The Morgan fingerprint density at radius 2 is 2.10 bits per heavy atom. The van der Waals surface area contributed by atoms with Crippen molar-refractivity contribution in [3.8, 4) is 0 Å². The summed E-state index contributed by atoms with van der Waals surface area (Å²) >= 11 is 0. The Bertz CT molecular complexity index is 654. The highest BCUT2D eigenvalue weighted by Crippen LogP contribution is 2.26. The Balaban J connectivity index is 2.40. The van der Waals surface area contributed by atoms with Crippen LogP contribution in [0.5, 0.6) is 0 Å². The summed E-state index contributed by atoms with van der Waals surface area (Å²) in [7, 11) is -3.92. The minimum atomic E-state index is -3.92. The molecular formula is C12H16FN3O4S. The molecule has 1 fully saturated rings. The maximum atomic E-state index is 13.3. The summed E-state index contributed by atoms with van der Waals surface area (Å²) in [6.45, 7) is 2.33. The second-order valence-corrected chi connectivity index (χ2v) is 7.23. The highest BCUT2D eigenvalue weighted by atomic mass is 32.2. The van der Waals surface area contributed by atoms with Crippen LogP contribution in [0.3, 0.4) is 0 Å². The minimum absolute atomic E-state index is 0.0963. The van der Waals surface area contributed by atoms with Crippen LogP contribution in [0.25, 0.3) is 0 Å². The molecule has 0 aliphatic carbocycles. The summed E-state index contributed by atoms with van der Waals surface area (Å²) in [5, 5.41) is 10.7. The second-order valence-electron chi connectivity index (χ2n) is 5.29. The van der Waals surface area contributed by atoms with Gasteiger partial charge in [0.05, 0.1) is 9.82 Å². The molecule has 2 N–H and O–H groups in total. The lowest BCUT2D eigenvalue weighted by atomic mass is 9.99. The zero-order valence-electron chi connectivity index (χ0n) is 11.4. The Morgan fingerprint density at radius 1 is 1.43 bits per heavy atom. The SMILES string of the molecule is CC1CC(N)CN(S(=O)(=O)c2ccc(F)c([N+](=O)[O-])c2)C1. The number of halogens is 1. The van der Waals surface area contributed by atoms with Gasteiger partial charge in [-0.1, -0.05) is 6.92 Å². The molecule has 9 heteroatoms. The van der Waals surface area contributed by atoms with E-state index in [0.717, 1.165) is 24.6 Å². The van der Waals surface area contributed by atoms with E-state index in [-0.39, 0.29) is 23.4 Å². The highest BCUT2D eigenvalue weighted by molar-refractivity contribution is 7.89. The van der Waals surface area contributed by atoms with Crippen LogP contribution in [0.4, 0.5) is 10.1 Å². The molecule has 116 valence electrons. The number of sulfonamides is 1. The van der Waals surface area contributed by atoms with Crippen LogP contribution in [0, 0.1) is 21.8 Å². The number of nitro groups is 1. The van der Waals surface area contributed by atoms with Crippen LogP contribution >= 0.6 is 0 Å². The van der Waals surface area contributed by atoms with E-state index in [1.54, 1.807) is 0 Å². The average molecular weight is 317 g/mol. The lowest BCUT2D eigenvalue weighted by Crippen LogP contribution is -2.48. The average Bonchev–Trinajstić information content (AvgIpc) is 2.37. The maximum absolute atomic E-state index is 13.3. The molecule has 1 heterocycles. The summed E-state index contributed by atoms with van der Waals surface area (Å²) in [6.07, 6.45) is 0.718. The van der Waals surface area contributed by atoms with E-state index in [2.05, 4.69) is 0 Å². The molecule has 2 unspecified atom stereocenters. The van der Waals surface area contributed by atoms with Gasteiger partial charge in [-0.15, -0.1) is 0 Å². The third kappa shape index (κ3) is 3.20. The molecule has 2 atom stereocenters. The first-order chi connectivity index (χ1) is 9.71. The van der Waals surface area contributed by atoms with Crippen molar-refractivity contribution >= 4 is 15.7 Å². The molecular weight excluding hydrogens is 301 g/mol. The van der Waals surface area contributed by atoms with Crippen LogP contribution in [0.15, 0.2) is 23.1 Å². The first-order valence-corrected chi connectivity index (χ1v) is 7.85. The number of nitrogens with zero attached hydrogens (tertiary/aromatic N) is 2. The fourth-order valence-electron chi connectivity index (χ4n) is 2.49. The largest absolute Gasteiger partial charge is 0.326 e. The summed E-state index contributed by atoms with van der Waals surface area (Å²) in [5.41, 5.74) is 4.96. The van der Waals surface area contributed by atoms with Crippen LogP contribution in [0.2, 0.25) is 0 Å². The molecule has 7 nitrogen and oxygen atoms in total. The van der Waals surface area contributed by atoms with E-state index < -0.39 is 26.5 Å². The van der Waals surface area contributed by atoms with E-state index in [1.165, 1.54) is 4.31 Å². The first-order valence-electron chi connectivity index (χ1n) is 6.41. The van der Waals surface area contributed by atoms with Gasteiger partial charge in [-0.25, -0.2) is 8.42 Å². The van der Waals surface area contributed by atoms with Gasteiger partial charge in [0.25, 0.3) is 0 Å². The van der Waals surface area contributed by atoms with Gasteiger partial charge in [0.15, 0.2) is 0 Å². The van der Waals surface area contributed by atoms with E-state index in [9.17, 15) is 22.9 Å². The van der Waals surface area contributed by atoms with Crippen molar-refractivity contribution in [3.63, 3.8) is 0 Å². The quantitative estimate of drug-likeness (QED) is 0.663. The van der Waals surface area contributed by atoms with Crippen LogP contribution in [-0.4, -0.2) is 36.8 Å². The molecule has 1 aromatic rings. The zero-order chi connectivity index (χ0) is 15.8. The first kappa shape index (κ1) is 15.8. The number of benzene rings is 1. The molecule has 0 saturated carbocycles. The van der Waals surface area contributed by atoms with E-state index in [1.807, 2.05) is 6.92 Å². The zero-order valence-corrected chi connectivity index (χ0v) is 12.2. The lowest BCUT2D eigenvalue weighted by Gasteiger charge is -2.33. The Labute approximate surface area is 121 Å². The van der Waals surface area contributed by atoms with Crippen molar-refractivity contribution in [1.82, 2.24) is 4.31 Å². The van der Waals surface area contributed by atoms with Gasteiger partial charge in [0.2, 0.25) is 15.8 Å². The summed E-state index contributed by atoms with van der Waals surface area (Å²) in [4.78, 5) is 9.48. The Morgan fingerprint density at radius 3 is 2.67 bits per heavy atom. The number of nitro benzene ring substituents is 1. The number of hydrogen-bond donors (Lipinski definition) is 1. The van der Waals surface area contributed by atoms with Gasteiger partial charge in [-0.3, -0.25) is 10.1 Å². The third-order valence-electron chi connectivity index (χ3n) is 3.41. The Hall–Kier alpha value is -1.58. The van der Waals surface area contributed by atoms with Crippen molar-refractivity contribution < 1.29 is 17.7 Å². The predicted molar refractivity (Wildman–Crippen MR) is 73.6 cm³/mol. The number of nitrogens with two attached hydrogens (primary N) is 1. The fourth-order valence-corrected chi connectivity index (χ4v) is 4.12. The molecule has 1 aromatic carbocycles. The van der Waals surface area contributed by atoms with Crippen molar-refractivity contribution in [1.29, 1.82) is 0 Å². The fraction of sp³-hybridized carbons (Fsp3) is 0.500. The summed E-state index contributed by atoms with van der Waals surface area (Å²) < 4.78 is 39.5. The van der Waals surface area contributed by atoms with Crippen molar-refractivity contribution in [2.75, 3.05) is 13.1 Å². The van der Waals surface area contributed by atoms with E-state index in [4.69, 9.17) is 5.73 Å². The van der Waals surface area contributed by atoms with Crippen molar-refractivity contribution in [2.24, 2.45) is 11.7 Å². The Kier molecular flexibility index (Phi) is 4.26. The lowest BCUT2D eigenvalue weighted by molar-refractivity contribution is -0.387. The monoisotopic (exact) mass is 317 g/mol. The van der Waals surface area contributed by atoms with Crippen LogP contribution in [-0.2, 0) is 10.0 Å². The summed E-state index contributed by atoms with van der Waals surface area (Å²) in [6, 6.07) is 2.29. The van der Waals surface area contributed by atoms with Gasteiger partial charge in [0, 0.05) is 25.2 Å². The molecule has 1 aliphatic rings. The minimum Gasteiger partial charge on any atom is -0.326 e. The standard InChI is InChI=1S/C12H16FN3O4S/c1-8-4-9(14)7-15(6-8)21(19,20)10-2-3-11(13)12(5-10)16(17)18/h2-3,5,8-9H,4,6-7,14H2,1H3. The van der Waals surface area contributed by atoms with Crippen molar-refractivity contribution in [2.45, 2.75) is 24.3 Å². The molecule has 1 saturated heterocycles. The van der Waals surface area contributed by atoms with Gasteiger partial charge in [0.1, 0.15) is 0 Å². The molecule has 0 bridgehead atoms. The van der Waals surface area contributed by atoms with Crippen LogP contribution in [0.1, 0.15) is 13.3 Å². The molecule has 0 aromatic heterocycles. The van der Waals surface area contributed by atoms with Gasteiger partial charge in [-0.2, -0.15) is 8.70 Å². The molecule has 2 rings (SSSR count). The normalized spacial score (nSPS) is 24.0. The van der Waals surface area contributed by atoms with Crippen molar-refractivity contribution in [3.05, 3.63) is 34.1 Å². The topological polar surface area (TPSA) is 107 Å². The van der Waals surface area contributed by atoms with Gasteiger partial charge in [-0.05, 0) is 24.5 Å². The maximum Gasteiger partial charge on any atom is 0.306 e. The van der Waals surface area contributed by atoms with E-state index >= 15 is 0 Å². The molecule has 0 amide bonds. The molecule has 21 heavy (non-hydrogen) atoms. The predicted octanol–water partition coefficient (Wildman–Crippen LogP) is 1.09. The molecule has 0 radical (unpaired) electrons. The third-order valence-corrected chi connectivity index (χ3v) is 5.24.